The van der Waals surface area contributed by atoms with Gasteiger partial charge in [-0.25, -0.2) is 4.39 Å². The Bertz CT molecular complexity index is 1260. The van der Waals surface area contributed by atoms with Crippen LogP contribution in [0.2, 0.25) is 0 Å². The van der Waals surface area contributed by atoms with E-state index in [0.717, 1.165) is 0 Å². The van der Waals surface area contributed by atoms with Crippen LogP contribution in [0.4, 0.5) is 4.39 Å². The molecule has 27 heavy (non-hydrogen) atoms. The number of aromatic nitrogens is 3. The predicted molar refractivity (Wildman–Crippen MR) is 98.3 cm³/mol. The average molecular weight is 363 g/mol. The van der Waals surface area contributed by atoms with E-state index in [4.69, 9.17) is 0 Å². The molecule has 1 aromatic carbocycles. The molecule has 0 unspecified atom stereocenters. The van der Waals surface area contributed by atoms with Crippen LogP contribution >= 0.6 is 0 Å². The molecule has 0 amide bonds. The highest BCUT2D eigenvalue weighted by molar-refractivity contribution is 5.68. The smallest absolute Gasteiger partial charge is 0.279 e. The molecular weight excluding hydrogens is 349 g/mol. The minimum absolute atomic E-state index is 0.114. The highest BCUT2D eigenvalue weighted by atomic mass is 19.1. The molecule has 4 aromatic rings. The zero-order valence-electron chi connectivity index (χ0n) is 14.0. The van der Waals surface area contributed by atoms with Crippen molar-refractivity contribution >= 4 is 5.52 Å². The Morgan fingerprint density at radius 1 is 1.07 bits per heavy atom. The summed E-state index contributed by atoms with van der Waals surface area (Å²) >= 11 is 0. The molecule has 6 nitrogen and oxygen atoms in total. The summed E-state index contributed by atoms with van der Waals surface area (Å²) in [5, 5.41) is 10.4. The molecule has 0 aliphatic rings. The number of halogens is 1. The summed E-state index contributed by atoms with van der Waals surface area (Å²) in [6.07, 6.45) is 6.08. The first-order valence-corrected chi connectivity index (χ1v) is 8.18. The van der Waals surface area contributed by atoms with Gasteiger partial charge in [0.2, 0.25) is 5.43 Å². The maximum absolute atomic E-state index is 13.4. The summed E-state index contributed by atoms with van der Waals surface area (Å²) in [7, 11) is 0. The lowest BCUT2D eigenvalue weighted by molar-refractivity contribution is 0.472. The molecule has 0 atom stereocenters. The van der Waals surface area contributed by atoms with E-state index >= 15 is 0 Å². The number of aromatic hydroxyl groups is 1. The van der Waals surface area contributed by atoms with Gasteiger partial charge in [-0.05, 0) is 29.8 Å². The molecule has 0 fully saturated rings. The van der Waals surface area contributed by atoms with Gasteiger partial charge in [-0.1, -0.05) is 18.2 Å². The molecule has 1 N–H and O–H groups in total. The zero-order chi connectivity index (χ0) is 19.0. The molecule has 0 saturated heterocycles. The number of fused-ring (bicyclic) bond motifs is 1. The molecule has 0 radical (unpaired) electrons. The van der Waals surface area contributed by atoms with Gasteiger partial charge in [0.25, 0.3) is 5.56 Å². The fourth-order valence-corrected chi connectivity index (χ4v) is 2.97. The van der Waals surface area contributed by atoms with Gasteiger partial charge in [-0.3, -0.25) is 14.6 Å². The minimum Gasteiger partial charge on any atom is -0.503 e. The van der Waals surface area contributed by atoms with Crippen LogP contribution in [-0.2, 0) is 6.54 Å². The summed E-state index contributed by atoms with van der Waals surface area (Å²) in [6.45, 7) is 0.114. The van der Waals surface area contributed by atoms with Crippen LogP contribution in [0.1, 0.15) is 5.56 Å². The standard InChI is InChI=1S/C20H14FN3O3/c21-14-5-3-4-13(10-14)11-24-9-8-23-12-15(16-6-1-2-7-22-16)18(25)19(26)17(23)20(24)27/h1-10,12,26H,11H2. The summed E-state index contributed by atoms with van der Waals surface area (Å²) in [6, 6.07) is 11.0. The van der Waals surface area contributed by atoms with Crippen LogP contribution in [0.25, 0.3) is 16.8 Å². The van der Waals surface area contributed by atoms with E-state index in [0.29, 0.717) is 11.3 Å². The molecule has 3 aromatic heterocycles. The van der Waals surface area contributed by atoms with Crippen LogP contribution < -0.4 is 11.0 Å². The van der Waals surface area contributed by atoms with Crippen molar-refractivity contribution in [2.45, 2.75) is 6.54 Å². The Morgan fingerprint density at radius 3 is 2.67 bits per heavy atom. The van der Waals surface area contributed by atoms with Gasteiger partial charge in [-0.2, -0.15) is 0 Å². The van der Waals surface area contributed by atoms with E-state index in [1.165, 1.54) is 39.7 Å². The maximum atomic E-state index is 13.4. The molecule has 0 aliphatic heterocycles. The van der Waals surface area contributed by atoms with E-state index in [2.05, 4.69) is 4.98 Å². The number of benzene rings is 1. The minimum atomic E-state index is -0.672. The van der Waals surface area contributed by atoms with Crippen molar-refractivity contribution in [3.8, 4) is 17.0 Å². The quantitative estimate of drug-likeness (QED) is 0.606. The SMILES string of the molecule is O=c1c(-c2ccccn2)cn2ccn(Cc3cccc(F)c3)c(=O)c2c1O. The monoisotopic (exact) mass is 363 g/mol. The van der Waals surface area contributed by atoms with Crippen molar-refractivity contribution in [3.05, 3.63) is 99.2 Å². The number of hydrogen-bond acceptors (Lipinski definition) is 4. The van der Waals surface area contributed by atoms with Crippen molar-refractivity contribution in [2.24, 2.45) is 0 Å². The Balaban J connectivity index is 1.88. The molecular formula is C20H14FN3O3. The number of nitrogens with zero attached hydrogens (tertiary/aromatic N) is 3. The highest BCUT2D eigenvalue weighted by Crippen LogP contribution is 2.18. The highest BCUT2D eigenvalue weighted by Gasteiger charge is 2.16. The topological polar surface area (TPSA) is 76.6 Å². The van der Waals surface area contributed by atoms with Gasteiger partial charge in [0, 0.05) is 24.8 Å². The first-order chi connectivity index (χ1) is 13.0. The van der Waals surface area contributed by atoms with Crippen molar-refractivity contribution in [1.82, 2.24) is 14.0 Å². The van der Waals surface area contributed by atoms with Gasteiger partial charge in [0.05, 0.1) is 17.8 Å². The molecule has 0 saturated carbocycles. The normalized spacial score (nSPS) is 11.0. The molecule has 0 bridgehead atoms. The number of pyridine rings is 2. The third-order valence-corrected chi connectivity index (χ3v) is 4.26. The molecule has 3 heterocycles. The Morgan fingerprint density at radius 2 is 1.93 bits per heavy atom. The van der Waals surface area contributed by atoms with Gasteiger partial charge >= 0.3 is 0 Å². The lowest BCUT2D eigenvalue weighted by Gasteiger charge is -2.11. The van der Waals surface area contributed by atoms with Crippen LogP contribution in [0.3, 0.4) is 0 Å². The van der Waals surface area contributed by atoms with E-state index in [-0.39, 0.29) is 17.6 Å². The second-order valence-corrected chi connectivity index (χ2v) is 6.05. The summed E-state index contributed by atoms with van der Waals surface area (Å²) in [5.41, 5.74) is -0.186. The Labute approximate surface area is 152 Å². The van der Waals surface area contributed by atoms with Crippen LogP contribution in [0, 0.1) is 5.82 Å². The molecule has 134 valence electrons. The van der Waals surface area contributed by atoms with Crippen molar-refractivity contribution < 1.29 is 9.50 Å². The van der Waals surface area contributed by atoms with Gasteiger partial charge < -0.3 is 14.1 Å². The van der Waals surface area contributed by atoms with Gasteiger partial charge in [-0.15, -0.1) is 0 Å². The molecule has 0 aliphatic carbocycles. The zero-order valence-corrected chi connectivity index (χ0v) is 14.0. The van der Waals surface area contributed by atoms with Gasteiger partial charge in [0.1, 0.15) is 5.82 Å². The molecule has 0 spiro atoms. The first-order valence-electron chi connectivity index (χ1n) is 8.18. The van der Waals surface area contributed by atoms with Gasteiger partial charge in [0.15, 0.2) is 11.3 Å². The lowest BCUT2D eigenvalue weighted by Crippen LogP contribution is -2.24. The van der Waals surface area contributed by atoms with Crippen molar-refractivity contribution in [1.29, 1.82) is 0 Å². The fourth-order valence-electron chi connectivity index (χ4n) is 2.97. The largest absolute Gasteiger partial charge is 0.503 e. The predicted octanol–water partition coefficient (Wildman–Crippen LogP) is 2.42. The third kappa shape index (κ3) is 2.99. The van der Waals surface area contributed by atoms with Crippen LogP contribution in [-0.4, -0.2) is 19.1 Å². The van der Waals surface area contributed by atoms with E-state index in [9.17, 15) is 19.1 Å². The fraction of sp³-hybridized carbons (Fsp3) is 0.0500. The second-order valence-electron chi connectivity index (χ2n) is 6.05. The van der Waals surface area contributed by atoms with Crippen molar-refractivity contribution in [2.75, 3.05) is 0 Å². The van der Waals surface area contributed by atoms with E-state index < -0.39 is 22.6 Å². The van der Waals surface area contributed by atoms with E-state index in [1.54, 1.807) is 36.5 Å². The molecule has 4 rings (SSSR count). The second kappa shape index (κ2) is 6.53. The van der Waals surface area contributed by atoms with E-state index in [1.807, 2.05) is 0 Å². The number of rotatable bonds is 3. The summed E-state index contributed by atoms with van der Waals surface area (Å²) < 4.78 is 16.1. The summed E-state index contributed by atoms with van der Waals surface area (Å²) in [4.78, 5) is 29.4. The Kier molecular flexibility index (Phi) is 4.04. The van der Waals surface area contributed by atoms with Crippen molar-refractivity contribution in [3.63, 3.8) is 0 Å². The Hall–Kier alpha value is -3.74. The van der Waals surface area contributed by atoms with Crippen LogP contribution in [0.15, 0.2) is 76.8 Å². The van der Waals surface area contributed by atoms with Crippen LogP contribution in [0.5, 0.6) is 5.75 Å². The maximum Gasteiger partial charge on any atom is 0.279 e. The lowest BCUT2D eigenvalue weighted by atomic mass is 10.1. The third-order valence-electron chi connectivity index (χ3n) is 4.26. The summed E-state index contributed by atoms with van der Waals surface area (Å²) in [5.74, 6) is -1.04. The first kappa shape index (κ1) is 16.7. The average Bonchev–Trinajstić information content (AvgIpc) is 2.67. The number of hydrogen-bond donors (Lipinski definition) is 1. The molecule has 7 heteroatoms.